The van der Waals surface area contributed by atoms with E-state index in [1.807, 2.05) is 0 Å². The molecule has 170 valence electrons. The van der Waals surface area contributed by atoms with E-state index in [9.17, 15) is 19.2 Å². The first kappa shape index (κ1) is 24.9. The predicted molar refractivity (Wildman–Crippen MR) is 123 cm³/mol. The molecule has 2 rings (SSSR count). The van der Waals surface area contributed by atoms with Crippen molar-refractivity contribution in [2.45, 2.75) is 46.3 Å². The molecular weight excluding hydrogens is 434 g/mol. The molecule has 0 saturated heterocycles. The summed E-state index contributed by atoms with van der Waals surface area (Å²) in [4.78, 5) is 48.3. The second-order valence-electron chi connectivity index (χ2n) is 7.45. The summed E-state index contributed by atoms with van der Waals surface area (Å²) in [6.07, 6.45) is -0.433. The second-order valence-corrected chi connectivity index (χ2v) is 7.86. The molecule has 0 aromatic heterocycles. The summed E-state index contributed by atoms with van der Waals surface area (Å²) < 4.78 is 5.23. The maximum absolute atomic E-state index is 13.1. The molecule has 0 aliphatic carbocycles. The molecule has 2 aromatic rings. The van der Waals surface area contributed by atoms with Crippen LogP contribution in [0, 0.1) is 0 Å². The molecule has 0 fully saturated rings. The zero-order chi connectivity index (χ0) is 23.8. The Labute approximate surface area is 191 Å². The van der Waals surface area contributed by atoms with Gasteiger partial charge in [0, 0.05) is 35.8 Å². The van der Waals surface area contributed by atoms with Gasteiger partial charge in [-0.25, -0.2) is 0 Å². The fraction of sp³-hybridized carbons (Fsp3) is 0.304. The fourth-order valence-electron chi connectivity index (χ4n) is 3.03. The van der Waals surface area contributed by atoms with E-state index >= 15 is 0 Å². The molecule has 0 aliphatic rings. The van der Waals surface area contributed by atoms with E-state index in [4.69, 9.17) is 16.3 Å². The summed E-state index contributed by atoms with van der Waals surface area (Å²) in [5.41, 5.74) is 1.41. The summed E-state index contributed by atoms with van der Waals surface area (Å²) >= 11 is 6.30. The largest absolute Gasteiger partial charge is 0.463 e. The van der Waals surface area contributed by atoms with Crippen molar-refractivity contribution < 1.29 is 23.9 Å². The number of hydrogen-bond acceptors (Lipinski definition) is 5. The van der Waals surface area contributed by atoms with Gasteiger partial charge < -0.3 is 20.7 Å². The maximum atomic E-state index is 13.1. The van der Waals surface area contributed by atoms with Gasteiger partial charge in [0.1, 0.15) is 0 Å². The number of carbonyl (C=O) groups is 4. The summed E-state index contributed by atoms with van der Waals surface area (Å²) in [5.74, 6) is -1.68. The van der Waals surface area contributed by atoms with Crippen molar-refractivity contribution in [3.63, 3.8) is 0 Å². The third-order valence-electron chi connectivity index (χ3n) is 4.16. The number of anilines is 2. The lowest BCUT2D eigenvalue weighted by Gasteiger charge is -2.21. The second kappa shape index (κ2) is 11.3. The fourth-order valence-corrected chi connectivity index (χ4v) is 3.29. The Morgan fingerprint density at radius 1 is 0.938 bits per heavy atom. The lowest BCUT2D eigenvalue weighted by Crippen LogP contribution is -2.31. The lowest BCUT2D eigenvalue weighted by atomic mass is 10.0. The Bertz CT molecular complexity index is 988. The Balaban J connectivity index is 2.37. The van der Waals surface area contributed by atoms with Crippen molar-refractivity contribution in [1.82, 2.24) is 5.32 Å². The first-order valence-corrected chi connectivity index (χ1v) is 10.4. The molecule has 3 amide bonds. The highest BCUT2D eigenvalue weighted by Gasteiger charge is 2.23. The van der Waals surface area contributed by atoms with E-state index < -0.39 is 17.9 Å². The quantitative estimate of drug-likeness (QED) is 0.515. The first-order valence-electron chi connectivity index (χ1n) is 10.00. The van der Waals surface area contributed by atoms with Crippen molar-refractivity contribution >= 4 is 46.7 Å². The van der Waals surface area contributed by atoms with Gasteiger partial charge in [-0.2, -0.15) is 0 Å². The molecule has 9 heteroatoms. The Morgan fingerprint density at radius 2 is 1.50 bits per heavy atom. The molecule has 1 atom stereocenters. The molecule has 0 saturated carbocycles. The summed E-state index contributed by atoms with van der Waals surface area (Å²) in [7, 11) is 0. The Kier molecular flexibility index (Phi) is 8.78. The number of halogens is 1. The summed E-state index contributed by atoms with van der Waals surface area (Å²) in [6, 6.07) is 10.6. The molecule has 3 N–H and O–H groups in total. The summed E-state index contributed by atoms with van der Waals surface area (Å²) in [6.45, 7) is 6.13. The van der Waals surface area contributed by atoms with Crippen molar-refractivity contribution in [3.8, 4) is 0 Å². The van der Waals surface area contributed by atoms with Gasteiger partial charge in [-0.1, -0.05) is 29.8 Å². The highest BCUT2D eigenvalue weighted by Crippen LogP contribution is 2.27. The molecule has 32 heavy (non-hydrogen) atoms. The number of carbonyl (C=O) groups excluding carboxylic acids is 4. The van der Waals surface area contributed by atoms with Crippen LogP contribution in [-0.4, -0.2) is 29.8 Å². The molecule has 8 nitrogen and oxygen atoms in total. The first-order chi connectivity index (χ1) is 15.0. The van der Waals surface area contributed by atoms with E-state index in [0.717, 1.165) is 0 Å². The van der Waals surface area contributed by atoms with Crippen LogP contribution in [0.1, 0.15) is 56.1 Å². The van der Waals surface area contributed by atoms with Gasteiger partial charge in [-0.05, 0) is 43.7 Å². The minimum atomic E-state index is -0.754. The van der Waals surface area contributed by atoms with Crippen LogP contribution in [-0.2, 0) is 19.1 Å². The van der Waals surface area contributed by atoms with Gasteiger partial charge in [0.25, 0.3) is 5.91 Å². The average molecular weight is 460 g/mol. The van der Waals surface area contributed by atoms with Gasteiger partial charge in [-0.15, -0.1) is 0 Å². The minimum absolute atomic E-state index is 0.127. The van der Waals surface area contributed by atoms with Crippen LogP contribution < -0.4 is 16.0 Å². The van der Waals surface area contributed by atoms with Gasteiger partial charge in [0.05, 0.1) is 18.6 Å². The third-order valence-corrected chi connectivity index (χ3v) is 4.50. The molecule has 1 unspecified atom stereocenters. The minimum Gasteiger partial charge on any atom is -0.463 e. The number of esters is 1. The zero-order valence-electron chi connectivity index (χ0n) is 18.3. The van der Waals surface area contributed by atoms with Crippen LogP contribution in [0.2, 0.25) is 5.02 Å². The SMILES string of the molecule is CC(=O)Nc1cc(NC(C)=O)cc(C(=O)NC(CC(=O)OC(C)C)c2ccccc2Cl)c1. The molecule has 0 aliphatic heterocycles. The van der Waals surface area contributed by atoms with Gasteiger partial charge in [0.2, 0.25) is 11.8 Å². The van der Waals surface area contributed by atoms with Crippen molar-refractivity contribution in [2.24, 2.45) is 0 Å². The molecular formula is C23H26ClN3O5. The predicted octanol–water partition coefficient (Wildman–Crippen LogP) is 4.07. The maximum Gasteiger partial charge on any atom is 0.308 e. The van der Waals surface area contributed by atoms with Crippen LogP contribution in [0.25, 0.3) is 0 Å². The zero-order valence-corrected chi connectivity index (χ0v) is 19.1. The van der Waals surface area contributed by atoms with Crippen LogP contribution >= 0.6 is 11.6 Å². The van der Waals surface area contributed by atoms with E-state index in [2.05, 4.69) is 16.0 Å². The van der Waals surface area contributed by atoms with Crippen LogP contribution in [0.5, 0.6) is 0 Å². The average Bonchev–Trinajstić information content (AvgIpc) is 2.65. The van der Waals surface area contributed by atoms with Crippen molar-refractivity contribution in [1.29, 1.82) is 0 Å². The highest BCUT2D eigenvalue weighted by atomic mass is 35.5. The Hall–Kier alpha value is -3.39. The molecule has 0 bridgehead atoms. The van der Waals surface area contributed by atoms with Gasteiger partial charge in [-0.3, -0.25) is 19.2 Å². The van der Waals surface area contributed by atoms with Crippen LogP contribution in [0.4, 0.5) is 11.4 Å². The Morgan fingerprint density at radius 3 is 2.00 bits per heavy atom. The monoisotopic (exact) mass is 459 g/mol. The number of amides is 3. The molecule has 0 radical (unpaired) electrons. The number of benzene rings is 2. The smallest absolute Gasteiger partial charge is 0.308 e. The highest BCUT2D eigenvalue weighted by molar-refractivity contribution is 6.31. The van der Waals surface area contributed by atoms with E-state index in [1.54, 1.807) is 38.1 Å². The third kappa shape index (κ3) is 7.70. The lowest BCUT2D eigenvalue weighted by molar-refractivity contribution is -0.148. The molecule has 2 aromatic carbocycles. The summed E-state index contributed by atoms with van der Waals surface area (Å²) in [5, 5.41) is 8.39. The molecule has 0 heterocycles. The number of nitrogens with one attached hydrogen (secondary N) is 3. The van der Waals surface area contributed by atoms with E-state index in [1.165, 1.54) is 32.0 Å². The number of hydrogen-bond donors (Lipinski definition) is 3. The van der Waals surface area contributed by atoms with E-state index in [0.29, 0.717) is 22.0 Å². The standard InChI is InChI=1S/C23H26ClN3O5/c1-13(2)32-22(30)12-21(19-7-5-6-8-20(19)24)27-23(31)16-9-17(25-14(3)28)11-18(10-16)26-15(4)29/h5-11,13,21H,12H2,1-4H3,(H,25,28)(H,26,29)(H,27,31). The normalized spacial score (nSPS) is 11.4. The van der Waals surface area contributed by atoms with Crippen LogP contribution in [0.3, 0.4) is 0 Å². The number of rotatable bonds is 8. The van der Waals surface area contributed by atoms with Gasteiger partial charge >= 0.3 is 5.97 Å². The number of ether oxygens (including phenoxy) is 1. The van der Waals surface area contributed by atoms with Crippen LogP contribution in [0.15, 0.2) is 42.5 Å². The van der Waals surface area contributed by atoms with Gasteiger partial charge in [0.15, 0.2) is 0 Å². The van der Waals surface area contributed by atoms with Crippen molar-refractivity contribution in [2.75, 3.05) is 10.6 Å². The topological polar surface area (TPSA) is 114 Å². The molecule has 0 spiro atoms. The van der Waals surface area contributed by atoms with Crippen molar-refractivity contribution in [3.05, 3.63) is 58.6 Å². The van der Waals surface area contributed by atoms with E-state index in [-0.39, 0.29) is 29.9 Å².